The number of phosphoric ester groups is 1. The zero-order valence-corrected chi connectivity index (χ0v) is 25.1. The van der Waals surface area contributed by atoms with Gasteiger partial charge in [0, 0.05) is 20.1 Å². The molecule has 38 heavy (non-hydrogen) atoms. The lowest BCUT2D eigenvalue weighted by Gasteiger charge is -2.19. The van der Waals surface area contributed by atoms with E-state index in [1.165, 1.54) is 90.4 Å². The van der Waals surface area contributed by atoms with E-state index in [1.54, 1.807) is 0 Å². The Morgan fingerprint density at radius 1 is 0.789 bits per heavy atom. The molecule has 0 aromatic rings. The summed E-state index contributed by atoms with van der Waals surface area (Å²) in [4.78, 5) is 20.8. The Kier molecular flexibility index (Phi) is 26.8. The molecule has 224 valence electrons. The van der Waals surface area contributed by atoms with Gasteiger partial charge in [0.05, 0.1) is 19.8 Å². The summed E-state index contributed by atoms with van der Waals surface area (Å²) in [6.07, 6.45) is 28.2. The first-order chi connectivity index (χ1) is 18.4. The molecule has 0 heterocycles. The van der Waals surface area contributed by atoms with E-state index in [9.17, 15) is 14.3 Å². The van der Waals surface area contributed by atoms with E-state index in [2.05, 4.69) is 35.8 Å². The summed E-state index contributed by atoms with van der Waals surface area (Å²) >= 11 is 0. The van der Waals surface area contributed by atoms with Gasteiger partial charge in [-0.1, -0.05) is 95.4 Å². The first kappa shape index (κ1) is 37.0. The Hall–Kier alpha value is -1.02. The fraction of sp³-hybridized carbons (Fsp3) is 0.828. The summed E-state index contributed by atoms with van der Waals surface area (Å²) < 4.78 is 31.9. The Balaban J connectivity index is 3.57. The summed E-state index contributed by atoms with van der Waals surface area (Å²) in [5.41, 5.74) is 5.24. The summed E-state index contributed by atoms with van der Waals surface area (Å²) in [6.45, 7) is 3.87. The molecule has 2 atom stereocenters. The van der Waals surface area contributed by atoms with Gasteiger partial charge in [-0.2, -0.15) is 0 Å². The zero-order valence-electron chi connectivity index (χ0n) is 24.2. The van der Waals surface area contributed by atoms with Gasteiger partial charge >= 0.3 is 13.8 Å². The van der Waals surface area contributed by atoms with Crippen LogP contribution in [0.3, 0.4) is 0 Å². The van der Waals surface area contributed by atoms with Crippen molar-refractivity contribution in [2.75, 3.05) is 33.0 Å². The van der Waals surface area contributed by atoms with E-state index in [0.29, 0.717) is 6.61 Å². The third-order valence-corrected chi connectivity index (χ3v) is 6.91. The number of hydrogen-bond acceptors (Lipinski definition) is 7. The maximum Gasteiger partial charge on any atom is 0.472 e. The van der Waals surface area contributed by atoms with Crippen LogP contribution in [0.2, 0.25) is 0 Å². The maximum atomic E-state index is 11.7. The molecule has 8 nitrogen and oxygen atoms in total. The number of carbonyl (C=O) groups is 1. The van der Waals surface area contributed by atoms with Crippen LogP contribution in [-0.2, 0) is 27.9 Å². The Morgan fingerprint density at radius 2 is 1.34 bits per heavy atom. The second-order valence-electron chi connectivity index (χ2n) is 9.69. The number of carbonyl (C=O) groups excluding carboxylic acids is 1. The molecule has 0 radical (unpaired) electrons. The summed E-state index contributed by atoms with van der Waals surface area (Å²) in [7, 11) is -4.22. The van der Waals surface area contributed by atoms with Crippen LogP contribution < -0.4 is 5.73 Å². The molecular formula is C29H56NO7P. The van der Waals surface area contributed by atoms with Gasteiger partial charge in [0.15, 0.2) is 0 Å². The van der Waals surface area contributed by atoms with E-state index < -0.39 is 19.9 Å². The number of phosphoric acid groups is 1. The largest absolute Gasteiger partial charge is 0.472 e. The third-order valence-electron chi connectivity index (χ3n) is 5.92. The lowest BCUT2D eigenvalue weighted by atomic mass is 10.1. The molecule has 0 saturated carbocycles. The number of nitrogens with two attached hydrogens (primary N) is 1. The van der Waals surface area contributed by atoms with E-state index in [1.807, 2.05) is 0 Å². The zero-order chi connectivity index (χ0) is 28.2. The van der Waals surface area contributed by atoms with Crippen LogP contribution in [0.5, 0.6) is 0 Å². The van der Waals surface area contributed by atoms with Crippen molar-refractivity contribution in [3.05, 3.63) is 24.3 Å². The molecule has 0 fully saturated rings. The smallest absolute Gasteiger partial charge is 0.458 e. The van der Waals surface area contributed by atoms with Crippen LogP contribution >= 0.6 is 7.82 Å². The molecule has 0 amide bonds. The Bertz CT molecular complexity index is 642. The van der Waals surface area contributed by atoms with E-state index in [-0.39, 0.29) is 26.4 Å². The molecular weight excluding hydrogens is 505 g/mol. The van der Waals surface area contributed by atoms with Gasteiger partial charge < -0.3 is 20.1 Å². The van der Waals surface area contributed by atoms with Crippen LogP contribution in [0, 0.1) is 0 Å². The highest BCUT2D eigenvalue weighted by Gasteiger charge is 2.24. The van der Waals surface area contributed by atoms with Crippen molar-refractivity contribution in [3.63, 3.8) is 0 Å². The molecule has 0 saturated heterocycles. The molecule has 0 aliphatic heterocycles. The summed E-state index contributed by atoms with van der Waals surface area (Å²) in [6, 6.07) is 0. The SMILES string of the molecule is CCCCC/C=C\C/C=C\CCCCCCCCCCCCOCC(COP(=O)(O)OCCN)OC(C)=O. The monoisotopic (exact) mass is 561 g/mol. The fourth-order valence-corrected chi connectivity index (χ4v) is 4.61. The molecule has 0 aliphatic carbocycles. The normalized spacial score (nSPS) is 14.3. The van der Waals surface area contributed by atoms with Crippen molar-refractivity contribution < 1.29 is 32.8 Å². The van der Waals surface area contributed by atoms with Crippen molar-refractivity contribution >= 4 is 13.8 Å². The molecule has 0 aliphatic rings. The minimum atomic E-state index is -4.22. The average Bonchev–Trinajstić information content (AvgIpc) is 2.88. The van der Waals surface area contributed by atoms with Gasteiger partial charge in [0.1, 0.15) is 6.10 Å². The van der Waals surface area contributed by atoms with Crippen LogP contribution in [0.1, 0.15) is 117 Å². The number of rotatable bonds is 28. The number of ether oxygens (including phenoxy) is 2. The predicted molar refractivity (Wildman–Crippen MR) is 155 cm³/mol. The molecule has 0 spiro atoms. The second-order valence-corrected chi connectivity index (χ2v) is 11.1. The first-order valence-electron chi connectivity index (χ1n) is 14.8. The topological polar surface area (TPSA) is 117 Å². The van der Waals surface area contributed by atoms with Gasteiger partial charge in [0.25, 0.3) is 0 Å². The minimum absolute atomic E-state index is 0.0975. The lowest BCUT2D eigenvalue weighted by molar-refractivity contribution is -0.151. The molecule has 0 aromatic heterocycles. The lowest BCUT2D eigenvalue weighted by Crippen LogP contribution is -2.27. The highest BCUT2D eigenvalue weighted by molar-refractivity contribution is 7.47. The van der Waals surface area contributed by atoms with Crippen molar-refractivity contribution in [2.24, 2.45) is 5.73 Å². The molecule has 0 aromatic carbocycles. The van der Waals surface area contributed by atoms with Crippen molar-refractivity contribution in [3.8, 4) is 0 Å². The standard InChI is InChI=1S/C29H56NO7P/c1-3-4-5-6-7-8-9-10-11-12-13-14-15-16-17-18-19-20-21-22-24-34-26-29(37-28(2)31)27-36-38(32,33)35-25-23-30/h7-8,10-11,29H,3-6,9,12-27,30H2,1-2H3,(H,32,33)/b8-7-,11-10-. The number of esters is 1. The van der Waals surface area contributed by atoms with Crippen molar-refractivity contribution in [1.82, 2.24) is 0 Å². The van der Waals surface area contributed by atoms with Gasteiger partial charge in [-0.05, 0) is 38.5 Å². The summed E-state index contributed by atoms with van der Waals surface area (Å²) in [5.74, 6) is -0.508. The number of unbranched alkanes of at least 4 members (excludes halogenated alkanes) is 13. The van der Waals surface area contributed by atoms with E-state index >= 15 is 0 Å². The quantitative estimate of drug-likeness (QED) is 0.0439. The van der Waals surface area contributed by atoms with Crippen LogP contribution in [0.4, 0.5) is 0 Å². The fourth-order valence-electron chi connectivity index (χ4n) is 3.85. The maximum absolute atomic E-state index is 11.7. The van der Waals surface area contributed by atoms with Crippen molar-refractivity contribution in [2.45, 2.75) is 123 Å². The molecule has 0 bridgehead atoms. The first-order valence-corrected chi connectivity index (χ1v) is 16.3. The predicted octanol–water partition coefficient (Wildman–Crippen LogP) is 7.40. The van der Waals surface area contributed by atoms with E-state index in [4.69, 9.17) is 19.7 Å². The number of allylic oxidation sites excluding steroid dienone is 4. The van der Waals surface area contributed by atoms with Crippen LogP contribution in [0.15, 0.2) is 24.3 Å². The minimum Gasteiger partial charge on any atom is -0.458 e. The molecule has 3 N–H and O–H groups in total. The van der Waals surface area contributed by atoms with Crippen LogP contribution in [0.25, 0.3) is 0 Å². The average molecular weight is 562 g/mol. The van der Waals surface area contributed by atoms with E-state index in [0.717, 1.165) is 19.3 Å². The highest BCUT2D eigenvalue weighted by atomic mass is 31.2. The Morgan fingerprint density at radius 3 is 1.89 bits per heavy atom. The number of hydrogen-bond donors (Lipinski definition) is 2. The molecule has 0 rings (SSSR count). The summed E-state index contributed by atoms with van der Waals surface area (Å²) in [5, 5.41) is 0. The second kappa shape index (κ2) is 27.5. The third kappa shape index (κ3) is 28.0. The van der Waals surface area contributed by atoms with Gasteiger partial charge in [0.2, 0.25) is 0 Å². The van der Waals surface area contributed by atoms with Gasteiger partial charge in [-0.25, -0.2) is 4.57 Å². The van der Waals surface area contributed by atoms with Crippen molar-refractivity contribution in [1.29, 1.82) is 0 Å². The molecule has 9 heteroatoms. The van der Waals surface area contributed by atoms with Gasteiger partial charge in [-0.3, -0.25) is 13.8 Å². The van der Waals surface area contributed by atoms with Crippen LogP contribution in [-0.4, -0.2) is 49.9 Å². The Labute approximate surface area is 232 Å². The molecule has 2 unspecified atom stereocenters. The van der Waals surface area contributed by atoms with Gasteiger partial charge in [-0.15, -0.1) is 0 Å². The highest BCUT2D eigenvalue weighted by Crippen LogP contribution is 2.43.